The third-order valence-corrected chi connectivity index (χ3v) is 2.78. The van der Waals surface area contributed by atoms with Crippen LogP contribution < -0.4 is 10.5 Å². The second-order valence-electron chi connectivity index (χ2n) is 3.76. The van der Waals surface area contributed by atoms with Gasteiger partial charge >= 0.3 is 5.97 Å². The second-order valence-corrected chi connectivity index (χ2v) is 4.68. The lowest BCUT2D eigenvalue weighted by molar-refractivity contribution is 0.0697. The van der Waals surface area contributed by atoms with E-state index in [1.807, 2.05) is 0 Å². The van der Waals surface area contributed by atoms with Gasteiger partial charge in [-0.15, -0.1) is 0 Å². The number of carbonyl (C=O) groups is 1. The molecule has 0 heterocycles. The molecule has 3 N–H and O–H groups in total. The normalized spacial score (nSPS) is 10.2. The summed E-state index contributed by atoms with van der Waals surface area (Å²) in [5.74, 6) is -0.999. The number of hydrogen-bond acceptors (Lipinski definition) is 3. The van der Waals surface area contributed by atoms with E-state index in [1.54, 1.807) is 6.07 Å². The van der Waals surface area contributed by atoms with Gasteiger partial charge in [0.25, 0.3) is 0 Å². The average Bonchev–Trinajstić information content (AvgIpc) is 2.30. The van der Waals surface area contributed by atoms with Gasteiger partial charge in [-0.2, -0.15) is 0 Å². The van der Waals surface area contributed by atoms with Gasteiger partial charge in [0, 0.05) is 10.5 Å². The van der Waals surface area contributed by atoms with E-state index >= 15 is 0 Å². The third kappa shape index (κ3) is 3.23. The Morgan fingerprint density at radius 3 is 2.58 bits per heavy atom. The number of aromatic carboxylic acids is 1. The summed E-state index contributed by atoms with van der Waals surface area (Å²) in [5, 5.41) is 8.81. The van der Waals surface area contributed by atoms with E-state index in [2.05, 4.69) is 15.9 Å². The van der Waals surface area contributed by atoms with E-state index in [-0.39, 0.29) is 22.7 Å². The molecule has 19 heavy (non-hydrogen) atoms. The Morgan fingerprint density at radius 2 is 2.00 bits per heavy atom. The molecule has 0 atom stereocenters. The number of carboxylic acids is 1. The molecular weight excluding hydrogens is 317 g/mol. The summed E-state index contributed by atoms with van der Waals surface area (Å²) >= 11 is 3.15. The van der Waals surface area contributed by atoms with Crippen LogP contribution in [-0.2, 0) is 0 Å². The molecule has 0 aliphatic heterocycles. The van der Waals surface area contributed by atoms with Crippen molar-refractivity contribution in [1.29, 1.82) is 0 Å². The number of hydrogen-bond donors (Lipinski definition) is 2. The Bertz CT molecular complexity index is 626. The second kappa shape index (κ2) is 5.27. The maximum Gasteiger partial charge on any atom is 0.335 e. The minimum Gasteiger partial charge on any atom is -0.478 e. The first-order valence-corrected chi connectivity index (χ1v) is 6.02. The minimum atomic E-state index is -1.08. The molecule has 2 aromatic rings. The molecule has 4 nitrogen and oxygen atoms in total. The molecule has 0 aliphatic carbocycles. The lowest BCUT2D eigenvalue weighted by atomic mass is 10.2. The van der Waals surface area contributed by atoms with E-state index in [9.17, 15) is 9.18 Å². The van der Waals surface area contributed by atoms with Gasteiger partial charge in [-0.05, 0) is 30.3 Å². The van der Waals surface area contributed by atoms with Crippen LogP contribution in [-0.4, -0.2) is 11.1 Å². The quantitative estimate of drug-likeness (QED) is 0.844. The first-order valence-electron chi connectivity index (χ1n) is 5.22. The van der Waals surface area contributed by atoms with Crippen LogP contribution in [0, 0.1) is 5.82 Å². The predicted molar refractivity (Wildman–Crippen MR) is 72.0 cm³/mol. The topological polar surface area (TPSA) is 72.6 Å². The highest BCUT2D eigenvalue weighted by molar-refractivity contribution is 9.10. The van der Waals surface area contributed by atoms with Crippen molar-refractivity contribution in [1.82, 2.24) is 0 Å². The van der Waals surface area contributed by atoms with Crippen molar-refractivity contribution >= 4 is 27.6 Å². The van der Waals surface area contributed by atoms with Gasteiger partial charge in [0.1, 0.15) is 17.3 Å². The number of carboxylic acid groups (broad SMARTS) is 1. The summed E-state index contributed by atoms with van der Waals surface area (Å²) in [7, 11) is 0. The van der Waals surface area contributed by atoms with Gasteiger partial charge in [0.05, 0.1) is 11.3 Å². The lowest BCUT2D eigenvalue weighted by Gasteiger charge is -2.09. The molecule has 2 rings (SSSR count). The van der Waals surface area contributed by atoms with Gasteiger partial charge in [0.2, 0.25) is 0 Å². The van der Waals surface area contributed by atoms with Crippen molar-refractivity contribution in [3.63, 3.8) is 0 Å². The van der Waals surface area contributed by atoms with Crippen molar-refractivity contribution in [2.75, 3.05) is 5.73 Å². The van der Waals surface area contributed by atoms with Gasteiger partial charge in [-0.25, -0.2) is 9.18 Å². The van der Waals surface area contributed by atoms with Crippen molar-refractivity contribution < 1.29 is 19.0 Å². The fourth-order valence-corrected chi connectivity index (χ4v) is 1.93. The number of nitrogen functional groups attached to an aromatic ring is 1. The molecule has 0 spiro atoms. The maximum absolute atomic E-state index is 13.2. The summed E-state index contributed by atoms with van der Waals surface area (Å²) in [6.07, 6.45) is 0. The molecule has 0 bridgehead atoms. The molecule has 98 valence electrons. The Hall–Kier alpha value is -2.08. The van der Waals surface area contributed by atoms with Crippen LogP contribution in [0.3, 0.4) is 0 Å². The standard InChI is InChI=1S/C13H9BrFNO3/c14-8-4-9(15)6-10(5-8)19-12-2-1-7(13(17)18)3-11(12)16/h1-6H,16H2,(H,17,18). The SMILES string of the molecule is Nc1cc(C(=O)O)ccc1Oc1cc(F)cc(Br)c1. The molecular formula is C13H9BrFNO3. The van der Waals surface area contributed by atoms with Crippen LogP contribution in [0.1, 0.15) is 10.4 Å². The van der Waals surface area contributed by atoms with E-state index in [0.29, 0.717) is 4.47 Å². The lowest BCUT2D eigenvalue weighted by Crippen LogP contribution is -1.99. The molecule has 2 aromatic carbocycles. The van der Waals surface area contributed by atoms with Crippen molar-refractivity contribution in [3.05, 3.63) is 52.3 Å². The van der Waals surface area contributed by atoms with Crippen LogP contribution in [0.4, 0.5) is 10.1 Å². The van der Waals surface area contributed by atoms with Crippen LogP contribution in [0.5, 0.6) is 11.5 Å². The van der Waals surface area contributed by atoms with E-state index in [0.717, 1.165) is 0 Å². The Balaban J connectivity index is 2.30. The molecule has 0 fully saturated rings. The van der Waals surface area contributed by atoms with Gasteiger partial charge in [-0.3, -0.25) is 0 Å². The average molecular weight is 326 g/mol. The number of ether oxygens (including phenoxy) is 1. The molecule has 0 saturated carbocycles. The largest absolute Gasteiger partial charge is 0.478 e. The van der Waals surface area contributed by atoms with Crippen LogP contribution in [0.2, 0.25) is 0 Å². The Morgan fingerprint density at radius 1 is 1.26 bits per heavy atom. The fourth-order valence-electron chi connectivity index (χ4n) is 1.49. The summed E-state index contributed by atoms with van der Waals surface area (Å²) in [4.78, 5) is 10.8. The zero-order valence-electron chi connectivity index (χ0n) is 9.56. The smallest absolute Gasteiger partial charge is 0.335 e. The molecule has 0 aliphatic rings. The summed E-state index contributed by atoms with van der Waals surface area (Å²) in [6.45, 7) is 0. The number of nitrogens with two attached hydrogens (primary N) is 1. The highest BCUT2D eigenvalue weighted by atomic mass is 79.9. The Kier molecular flexibility index (Phi) is 3.71. The van der Waals surface area contributed by atoms with Crippen molar-refractivity contribution in [3.8, 4) is 11.5 Å². The van der Waals surface area contributed by atoms with Gasteiger partial charge in [-0.1, -0.05) is 15.9 Å². The maximum atomic E-state index is 13.2. The predicted octanol–water partition coefficient (Wildman–Crippen LogP) is 3.66. The van der Waals surface area contributed by atoms with Crippen LogP contribution in [0.25, 0.3) is 0 Å². The fraction of sp³-hybridized carbons (Fsp3) is 0. The Labute approximate surface area is 116 Å². The first kappa shape index (κ1) is 13.4. The third-order valence-electron chi connectivity index (χ3n) is 2.32. The highest BCUT2D eigenvalue weighted by Crippen LogP contribution is 2.30. The van der Waals surface area contributed by atoms with E-state index in [4.69, 9.17) is 15.6 Å². The van der Waals surface area contributed by atoms with Crippen LogP contribution >= 0.6 is 15.9 Å². The summed E-state index contributed by atoms with van der Waals surface area (Å²) in [5.41, 5.74) is 5.92. The number of halogens is 2. The van der Waals surface area contributed by atoms with Gasteiger partial charge in [0.15, 0.2) is 0 Å². The zero-order valence-corrected chi connectivity index (χ0v) is 11.1. The molecule has 0 saturated heterocycles. The first-order chi connectivity index (χ1) is 8.95. The van der Waals surface area contributed by atoms with E-state index in [1.165, 1.54) is 30.3 Å². The van der Waals surface area contributed by atoms with Crippen LogP contribution in [0.15, 0.2) is 40.9 Å². The molecule has 0 radical (unpaired) electrons. The highest BCUT2D eigenvalue weighted by Gasteiger charge is 2.09. The summed E-state index contributed by atoms with van der Waals surface area (Å²) < 4.78 is 19.1. The zero-order chi connectivity index (χ0) is 14.0. The monoisotopic (exact) mass is 325 g/mol. The minimum absolute atomic E-state index is 0.0604. The molecule has 0 unspecified atom stereocenters. The molecule has 6 heteroatoms. The number of rotatable bonds is 3. The molecule has 0 aromatic heterocycles. The molecule has 0 amide bonds. The summed E-state index contributed by atoms with van der Waals surface area (Å²) in [6, 6.07) is 8.15. The van der Waals surface area contributed by atoms with Gasteiger partial charge < -0.3 is 15.6 Å². The number of benzene rings is 2. The number of anilines is 1. The van der Waals surface area contributed by atoms with Crippen molar-refractivity contribution in [2.24, 2.45) is 0 Å². The van der Waals surface area contributed by atoms with Crippen molar-refractivity contribution in [2.45, 2.75) is 0 Å². The van der Waals surface area contributed by atoms with E-state index < -0.39 is 11.8 Å².